The lowest BCUT2D eigenvalue weighted by Crippen LogP contribution is -2.45. The van der Waals surface area contributed by atoms with Gasteiger partial charge in [-0.2, -0.15) is 0 Å². The van der Waals surface area contributed by atoms with Crippen molar-refractivity contribution in [2.24, 2.45) is 0 Å². The van der Waals surface area contributed by atoms with Crippen LogP contribution in [0.2, 0.25) is 0 Å². The standard InChI is InChI=1S/C32H39FN4O6/c1-23-28(21-42-27-10-8-25(33)9-11-27)31(34-43-23)32(39)36-17-16-35(26-12-18-41-19-13-26)14-5-15-37(30(38)22-40-2)29-7-4-3-6-24(29)20-36/h3-4,6-11,26H,5,12-22H2,1-2H3. The summed E-state index contributed by atoms with van der Waals surface area (Å²) in [5.74, 6) is 0.172. The van der Waals surface area contributed by atoms with E-state index in [0.717, 1.165) is 37.1 Å². The number of fused-ring (bicyclic) bond motifs is 1. The van der Waals surface area contributed by atoms with E-state index in [0.29, 0.717) is 56.0 Å². The highest BCUT2D eigenvalue weighted by molar-refractivity contribution is 5.96. The molecule has 230 valence electrons. The first-order valence-electron chi connectivity index (χ1n) is 14.8. The number of hydrogen-bond acceptors (Lipinski definition) is 8. The second-order valence-electron chi connectivity index (χ2n) is 10.9. The number of halogens is 1. The zero-order valence-electron chi connectivity index (χ0n) is 24.8. The van der Waals surface area contributed by atoms with Crippen molar-refractivity contribution in [3.63, 3.8) is 0 Å². The first kappa shape index (κ1) is 30.7. The number of para-hydroxylation sites is 1. The van der Waals surface area contributed by atoms with Crippen molar-refractivity contribution in [2.75, 3.05) is 58.0 Å². The average Bonchev–Trinajstić information content (AvgIpc) is 3.38. The molecule has 0 unspecified atom stereocenters. The van der Waals surface area contributed by atoms with Crippen LogP contribution < -0.4 is 9.64 Å². The minimum Gasteiger partial charge on any atom is -0.489 e. The van der Waals surface area contributed by atoms with Gasteiger partial charge in [0.05, 0.1) is 5.56 Å². The van der Waals surface area contributed by atoms with E-state index in [4.69, 9.17) is 18.7 Å². The second-order valence-corrected chi connectivity index (χ2v) is 10.9. The summed E-state index contributed by atoms with van der Waals surface area (Å²) >= 11 is 0. The van der Waals surface area contributed by atoms with Gasteiger partial charge in [0.15, 0.2) is 5.69 Å². The number of nitrogens with zero attached hydrogens (tertiary/aromatic N) is 4. The quantitative estimate of drug-likeness (QED) is 0.402. The third-order valence-electron chi connectivity index (χ3n) is 8.08. The number of carbonyl (C=O) groups is 2. The molecule has 3 aromatic rings. The van der Waals surface area contributed by atoms with Gasteiger partial charge in [0.25, 0.3) is 11.8 Å². The Kier molecular flexibility index (Phi) is 10.4. The van der Waals surface area contributed by atoms with Crippen LogP contribution in [0.25, 0.3) is 0 Å². The van der Waals surface area contributed by atoms with E-state index in [1.54, 1.807) is 16.7 Å². The van der Waals surface area contributed by atoms with Gasteiger partial charge in [-0.25, -0.2) is 4.39 Å². The topological polar surface area (TPSA) is 97.6 Å². The van der Waals surface area contributed by atoms with Crippen LogP contribution in [0.4, 0.5) is 10.1 Å². The molecule has 1 saturated heterocycles. The molecule has 2 amide bonds. The van der Waals surface area contributed by atoms with Gasteiger partial charge < -0.3 is 28.5 Å². The highest BCUT2D eigenvalue weighted by Gasteiger charge is 2.30. The van der Waals surface area contributed by atoms with Crippen molar-refractivity contribution in [2.45, 2.75) is 45.4 Å². The molecule has 0 radical (unpaired) electrons. The smallest absolute Gasteiger partial charge is 0.276 e. The molecule has 2 aliphatic rings. The van der Waals surface area contributed by atoms with Crippen molar-refractivity contribution in [1.29, 1.82) is 0 Å². The van der Waals surface area contributed by atoms with Gasteiger partial charge in [-0.15, -0.1) is 0 Å². The number of aryl methyl sites for hydroxylation is 1. The maximum atomic E-state index is 14.2. The Morgan fingerprint density at radius 2 is 1.79 bits per heavy atom. The molecule has 0 bridgehead atoms. The Labute approximate surface area is 251 Å². The lowest BCUT2D eigenvalue weighted by atomic mass is 10.1. The number of hydrogen-bond donors (Lipinski definition) is 0. The highest BCUT2D eigenvalue weighted by atomic mass is 19.1. The van der Waals surface area contributed by atoms with Gasteiger partial charge in [0.1, 0.15) is 30.5 Å². The minimum atomic E-state index is -0.360. The predicted octanol–water partition coefficient (Wildman–Crippen LogP) is 4.21. The number of benzene rings is 2. The lowest BCUT2D eigenvalue weighted by Gasteiger charge is -2.35. The van der Waals surface area contributed by atoms with Gasteiger partial charge in [-0.05, 0) is 62.1 Å². The Bertz CT molecular complexity index is 1370. The molecule has 3 heterocycles. The van der Waals surface area contributed by atoms with Crippen molar-refractivity contribution >= 4 is 17.5 Å². The summed E-state index contributed by atoms with van der Waals surface area (Å²) in [5, 5.41) is 4.15. The van der Waals surface area contributed by atoms with Crippen LogP contribution in [0.1, 0.15) is 46.6 Å². The molecule has 1 aromatic heterocycles. The molecule has 11 heteroatoms. The fourth-order valence-corrected chi connectivity index (χ4v) is 5.72. The molecule has 0 aliphatic carbocycles. The summed E-state index contributed by atoms with van der Waals surface area (Å²) < 4.78 is 35.5. The lowest BCUT2D eigenvalue weighted by molar-refractivity contribution is -0.122. The van der Waals surface area contributed by atoms with Crippen molar-refractivity contribution in [3.05, 3.63) is 76.9 Å². The average molecular weight is 595 g/mol. The molecule has 0 spiro atoms. The molecular formula is C32H39FN4O6. The van der Waals surface area contributed by atoms with Crippen LogP contribution in [0.15, 0.2) is 53.1 Å². The molecular weight excluding hydrogens is 555 g/mol. The number of amides is 2. The van der Waals surface area contributed by atoms with E-state index in [2.05, 4.69) is 10.1 Å². The number of rotatable bonds is 7. The third kappa shape index (κ3) is 7.59. The van der Waals surface area contributed by atoms with Crippen LogP contribution in [0.3, 0.4) is 0 Å². The summed E-state index contributed by atoms with van der Waals surface area (Å²) in [5.41, 5.74) is 2.33. The van der Waals surface area contributed by atoms with Crippen molar-refractivity contribution in [3.8, 4) is 5.75 Å². The van der Waals surface area contributed by atoms with Crippen molar-refractivity contribution < 1.29 is 32.7 Å². The van der Waals surface area contributed by atoms with Crippen LogP contribution >= 0.6 is 0 Å². The number of carbonyl (C=O) groups excluding carboxylic acids is 2. The minimum absolute atomic E-state index is 0.0315. The fraction of sp³-hybridized carbons (Fsp3) is 0.469. The van der Waals surface area contributed by atoms with E-state index in [9.17, 15) is 14.0 Å². The molecule has 0 saturated carbocycles. The molecule has 0 N–H and O–H groups in total. The van der Waals surface area contributed by atoms with Crippen molar-refractivity contribution in [1.82, 2.24) is 15.0 Å². The molecule has 43 heavy (non-hydrogen) atoms. The summed E-state index contributed by atoms with van der Waals surface area (Å²) in [6.45, 7) is 5.90. The van der Waals surface area contributed by atoms with E-state index in [-0.39, 0.29) is 43.1 Å². The number of ether oxygens (including phenoxy) is 3. The molecule has 10 nitrogen and oxygen atoms in total. The summed E-state index contributed by atoms with van der Waals surface area (Å²) in [4.78, 5) is 33.4. The Morgan fingerprint density at radius 1 is 1.02 bits per heavy atom. The first-order valence-corrected chi connectivity index (χ1v) is 14.8. The third-order valence-corrected chi connectivity index (χ3v) is 8.08. The zero-order valence-corrected chi connectivity index (χ0v) is 24.8. The van der Waals surface area contributed by atoms with Gasteiger partial charge in [0.2, 0.25) is 0 Å². The van der Waals surface area contributed by atoms with Gasteiger partial charge in [-0.3, -0.25) is 14.5 Å². The Morgan fingerprint density at radius 3 is 2.56 bits per heavy atom. The largest absolute Gasteiger partial charge is 0.489 e. The monoisotopic (exact) mass is 594 g/mol. The maximum Gasteiger partial charge on any atom is 0.276 e. The van der Waals surface area contributed by atoms with Crippen LogP contribution in [-0.2, 0) is 27.4 Å². The summed E-state index contributed by atoms with van der Waals surface area (Å²) in [6, 6.07) is 13.7. The van der Waals surface area contributed by atoms with E-state index >= 15 is 0 Å². The number of aromatic nitrogens is 1. The van der Waals surface area contributed by atoms with E-state index in [1.165, 1.54) is 31.4 Å². The number of anilines is 1. The molecule has 2 aliphatic heterocycles. The van der Waals surface area contributed by atoms with Crippen LogP contribution in [0, 0.1) is 12.7 Å². The van der Waals surface area contributed by atoms with E-state index < -0.39 is 0 Å². The molecule has 5 rings (SSSR count). The summed E-state index contributed by atoms with van der Waals surface area (Å²) in [6.07, 6.45) is 2.63. The van der Waals surface area contributed by atoms with Gasteiger partial charge >= 0.3 is 0 Å². The summed E-state index contributed by atoms with van der Waals surface area (Å²) in [7, 11) is 1.51. The Balaban J connectivity index is 1.45. The maximum absolute atomic E-state index is 14.2. The van der Waals surface area contributed by atoms with Gasteiger partial charge in [0, 0.05) is 64.8 Å². The van der Waals surface area contributed by atoms with Gasteiger partial charge in [-0.1, -0.05) is 23.4 Å². The normalized spacial score (nSPS) is 17.3. The van der Waals surface area contributed by atoms with Crippen LogP contribution in [-0.4, -0.2) is 85.9 Å². The van der Waals surface area contributed by atoms with Crippen LogP contribution in [0.5, 0.6) is 5.75 Å². The van der Waals surface area contributed by atoms with E-state index in [1.807, 2.05) is 24.3 Å². The molecule has 0 atom stereocenters. The molecule has 2 aromatic carbocycles. The Hall–Kier alpha value is -3.80. The zero-order chi connectivity index (χ0) is 30.2. The fourth-order valence-electron chi connectivity index (χ4n) is 5.72. The predicted molar refractivity (Wildman–Crippen MR) is 157 cm³/mol. The molecule has 1 fully saturated rings. The first-order chi connectivity index (χ1) is 20.9. The second kappa shape index (κ2) is 14.6. The highest BCUT2D eigenvalue weighted by Crippen LogP contribution is 2.27. The SMILES string of the molecule is COCC(=O)N1CCCN(C2CCOCC2)CCN(C(=O)c2noc(C)c2COc2ccc(F)cc2)Cc2ccccc21. The number of methoxy groups -OCH3 is 1.